The Bertz CT molecular complexity index is 915. The summed E-state index contributed by atoms with van der Waals surface area (Å²) < 4.78 is 13.1. The Morgan fingerprint density at radius 2 is 1.71 bits per heavy atom. The van der Waals surface area contributed by atoms with E-state index in [1.54, 1.807) is 12.1 Å². The summed E-state index contributed by atoms with van der Waals surface area (Å²) in [6.45, 7) is 2.95. The average Bonchev–Trinajstić information content (AvgIpc) is 3.21. The van der Waals surface area contributed by atoms with Gasteiger partial charge in [0.05, 0.1) is 4.88 Å². The first-order valence-corrected chi connectivity index (χ1v) is 10.4. The molecule has 0 saturated carbocycles. The van der Waals surface area contributed by atoms with E-state index in [1.807, 2.05) is 18.2 Å². The summed E-state index contributed by atoms with van der Waals surface area (Å²) in [5.41, 5.74) is 2.26. The molecule has 1 aliphatic rings. The lowest BCUT2D eigenvalue weighted by molar-refractivity contribution is 0.0913. The number of rotatable bonds is 5. The first-order chi connectivity index (χ1) is 13.7. The van der Waals surface area contributed by atoms with E-state index in [-0.39, 0.29) is 17.8 Å². The zero-order chi connectivity index (χ0) is 19.3. The van der Waals surface area contributed by atoms with Gasteiger partial charge >= 0.3 is 0 Å². The van der Waals surface area contributed by atoms with Gasteiger partial charge in [0, 0.05) is 30.6 Å². The molecular weight excluding hydrogens is 371 g/mol. The van der Waals surface area contributed by atoms with E-state index in [9.17, 15) is 9.18 Å². The van der Waals surface area contributed by atoms with Gasteiger partial charge in [-0.1, -0.05) is 42.5 Å². The smallest absolute Gasteiger partial charge is 0.261 e. The van der Waals surface area contributed by atoms with Crippen LogP contribution in [0.15, 0.2) is 66.7 Å². The van der Waals surface area contributed by atoms with Crippen LogP contribution in [-0.4, -0.2) is 29.9 Å². The maximum atomic E-state index is 13.1. The average molecular weight is 395 g/mol. The third-order valence-corrected chi connectivity index (χ3v) is 6.26. The number of amides is 1. The Morgan fingerprint density at radius 3 is 2.43 bits per heavy atom. The van der Waals surface area contributed by atoms with Gasteiger partial charge < -0.3 is 5.32 Å². The monoisotopic (exact) mass is 394 g/mol. The topological polar surface area (TPSA) is 32.3 Å². The Kier molecular flexibility index (Phi) is 5.84. The molecule has 1 fully saturated rings. The highest BCUT2D eigenvalue weighted by atomic mass is 32.1. The Balaban J connectivity index is 1.29. The first kappa shape index (κ1) is 18.8. The molecule has 0 spiro atoms. The van der Waals surface area contributed by atoms with Crippen LogP contribution in [0.3, 0.4) is 0 Å². The van der Waals surface area contributed by atoms with E-state index < -0.39 is 0 Å². The number of likely N-dealkylation sites (tertiary alicyclic amines) is 1. The van der Waals surface area contributed by atoms with Crippen LogP contribution in [0, 0.1) is 5.82 Å². The zero-order valence-corrected chi connectivity index (χ0v) is 16.4. The molecule has 0 aliphatic carbocycles. The minimum atomic E-state index is -0.253. The maximum absolute atomic E-state index is 13.1. The SMILES string of the molecule is O=C(NC1CCN(Cc2ccccc2)CC1)c1ccc(-c2ccc(F)cc2)s1. The van der Waals surface area contributed by atoms with Gasteiger partial charge in [-0.25, -0.2) is 4.39 Å². The summed E-state index contributed by atoms with van der Waals surface area (Å²) in [6, 6.07) is 20.9. The number of halogens is 1. The summed E-state index contributed by atoms with van der Waals surface area (Å²) in [5, 5.41) is 3.18. The number of thiophene rings is 1. The fraction of sp³-hybridized carbons (Fsp3) is 0.261. The minimum absolute atomic E-state index is 0.0140. The van der Waals surface area contributed by atoms with Gasteiger partial charge in [-0.3, -0.25) is 9.69 Å². The van der Waals surface area contributed by atoms with Gasteiger partial charge in [-0.15, -0.1) is 11.3 Å². The van der Waals surface area contributed by atoms with Crippen LogP contribution in [0.25, 0.3) is 10.4 Å². The number of carbonyl (C=O) groups excluding carboxylic acids is 1. The summed E-state index contributed by atoms with van der Waals surface area (Å²) in [5.74, 6) is -0.267. The third kappa shape index (κ3) is 4.66. The van der Waals surface area contributed by atoms with Crippen molar-refractivity contribution in [1.29, 1.82) is 0 Å². The standard InChI is InChI=1S/C23H23FN2OS/c24-19-8-6-18(7-9-19)21-10-11-22(28-21)23(27)25-20-12-14-26(15-13-20)16-17-4-2-1-3-5-17/h1-11,20H,12-16H2,(H,25,27). The van der Waals surface area contributed by atoms with Crippen molar-refractivity contribution in [2.75, 3.05) is 13.1 Å². The van der Waals surface area contributed by atoms with Crippen molar-refractivity contribution in [2.45, 2.75) is 25.4 Å². The summed E-state index contributed by atoms with van der Waals surface area (Å²) in [6.07, 6.45) is 1.93. The van der Waals surface area contributed by atoms with Gasteiger partial charge in [0.2, 0.25) is 0 Å². The number of benzene rings is 2. The van der Waals surface area contributed by atoms with E-state index in [0.717, 1.165) is 42.9 Å². The van der Waals surface area contributed by atoms with Crippen molar-refractivity contribution in [2.24, 2.45) is 0 Å². The lowest BCUT2D eigenvalue weighted by Crippen LogP contribution is -2.44. The van der Waals surface area contributed by atoms with Crippen LogP contribution in [-0.2, 0) is 6.54 Å². The lowest BCUT2D eigenvalue weighted by atomic mass is 10.0. The van der Waals surface area contributed by atoms with Crippen LogP contribution < -0.4 is 5.32 Å². The summed E-state index contributed by atoms with van der Waals surface area (Å²) in [4.78, 5) is 16.7. The molecule has 3 aromatic rings. The Labute approximate surface area is 168 Å². The molecule has 0 unspecified atom stereocenters. The van der Waals surface area contributed by atoms with Gasteiger partial charge in [0.25, 0.3) is 5.91 Å². The van der Waals surface area contributed by atoms with Crippen molar-refractivity contribution in [3.63, 3.8) is 0 Å². The largest absolute Gasteiger partial charge is 0.349 e. The van der Waals surface area contributed by atoms with Crippen molar-refractivity contribution >= 4 is 17.2 Å². The van der Waals surface area contributed by atoms with Crippen molar-refractivity contribution < 1.29 is 9.18 Å². The van der Waals surface area contributed by atoms with Crippen molar-refractivity contribution in [1.82, 2.24) is 10.2 Å². The van der Waals surface area contributed by atoms with Gasteiger partial charge in [0.15, 0.2) is 0 Å². The molecule has 1 N–H and O–H groups in total. The molecule has 4 rings (SSSR count). The number of piperidine rings is 1. The predicted octanol–water partition coefficient (Wildman–Crippen LogP) is 4.95. The highest BCUT2D eigenvalue weighted by Gasteiger charge is 2.22. The second-order valence-corrected chi connectivity index (χ2v) is 8.26. The van der Waals surface area contributed by atoms with Gasteiger partial charge in [0.1, 0.15) is 5.82 Å². The molecular formula is C23H23FN2OS. The molecule has 2 aromatic carbocycles. The number of carbonyl (C=O) groups is 1. The third-order valence-electron chi connectivity index (χ3n) is 5.13. The van der Waals surface area contributed by atoms with Crippen LogP contribution in [0.1, 0.15) is 28.1 Å². The van der Waals surface area contributed by atoms with Crippen molar-refractivity contribution in [3.05, 3.63) is 83.0 Å². The second kappa shape index (κ2) is 8.67. The van der Waals surface area contributed by atoms with E-state index in [0.29, 0.717) is 4.88 Å². The zero-order valence-electron chi connectivity index (χ0n) is 15.6. The number of nitrogens with one attached hydrogen (secondary N) is 1. The molecule has 1 aromatic heterocycles. The van der Waals surface area contributed by atoms with E-state index in [1.165, 1.54) is 29.0 Å². The first-order valence-electron chi connectivity index (χ1n) is 9.60. The molecule has 1 saturated heterocycles. The number of hydrogen-bond acceptors (Lipinski definition) is 3. The van der Waals surface area contributed by atoms with Gasteiger partial charge in [-0.05, 0) is 48.2 Å². The Morgan fingerprint density at radius 1 is 1.00 bits per heavy atom. The van der Waals surface area contributed by atoms with Crippen LogP contribution in [0.4, 0.5) is 4.39 Å². The lowest BCUT2D eigenvalue weighted by Gasteiger charge is -2.32. The van der Waals surface area contributed by atoms with Crippen LogP contribution >= 0.6 is 11.3 Å². The summed E-state index contributed by atoms with van der Waals surface area (Å²) in [7, 11) is 0. The van der Waals surface area contributed by atoms with Gasteiger partial charge in [-0.2, -0.15) is 0 Å². The van der Waals surface area contributed by atoms with Crippen LogP contribution in [0.2, 0.25) is 0 Å². The van der Waals surface area contributed by atoms with E-state index in [4.69, 9.17) is 0 Å². The molecule has 3 nitrogen and oxygen atoms in total. The van der Waals surface area contributed by atoms with E-state index >= 15 is 0 Å². The summed E-state index contributed by atoms with van der Waals surface area (Å²) >= 11 is 1.45. The maximum Gasteiger partial charge on any atom is 0.261 e. The molecule has 2 heterocycles. The normalized spacial score (nSPS) is 15.5. The second-order valence-electron chi connectivity index (χ2n) is 7.18. The highest BCUT2D eigenvalue weighted by molar-refractivity contribution is 7.17. The molecule has 1 amide bonds. The molecule has 0 bridgehead atoms. The number of nitrogens with zero attached hydrogens (tertiary/aromatic N) is 1. The molecule has 28 heavy (non-hydrogen) atoms. The molecule has 144 valence electrons. The quantitative estimate of drug-likeness (QED) is 0.664. The molecule has 1 aliphatic heterocycles. The fourth-order valence-electron chi connectivity index (χ4n) is 3.56. The van der Waals surface area contributed by atoms with Crippen LogP contribution in [0.5, 0.6) is 0 Å². The Hall–Kier alpha value is -2.50. The van der Waals surface area contributed by atoms with Crippen molar-refractivity contribution in [3.8, 4) is 10.4 Å². The number of hydrogen-bond donors (Lipinski definition) is 1. The fourth-order valence-corrected chi connectivity index (χ4v) is 4.48. The minimum Gasteiger partial charge on any atom is -0.349 e. The van der Waals surface area contributed by atoms with E-state index in [2.05, 4.69) is 34.5 Å². The molecule has 5 heteroatoms. The predicted molar refractivity (Wildman–Crippen MR) is 112 cm³/mol. The highest BCUT2D eigenvalue weighted by Crippen LogP contribution is 2.28. The molecule has 0 atom stereocenters. The molecule has 0 radical (unpaired) electrons.